The van der Waals surface area contributed by atoms with Crippen LogP contribution in [0.1, 0.15) is 11.3 Å². The minimum atomic E-state index is -1.24. The fraction of sp³-hybridized carbons (Fsp3) is 0.143. The van der Waals surface area contributed by atoms with Gasteiger partial charge in [-0.05, 0) is 30.4 Å². The van der Waals surface area contributed by atoms with Crippen LogP contribution in [0.15, 0.2) is 27.7 Å². The summed E-state index contributed by atoms with van der Waals surface area (Å²) in [5, 5.41) is 22.1. The van der Waals surface area contributed by atoms with Gasteiger partial charge in [0.2, 0.25) is 5.88 Å². The predicted molar refractivity (Wildman–Crippen MR) is 86.9 cm³/mol. The molecule has 0 saturated heterocycles. The van der Waals surface area contributed by atoms with Gasteiger partial charge in [-0.2, -0.15) is 0 Å². The summed E-state index contributed by atoms with van der Waals surface area (Å²) in [6.07, 6.45) is -0.284. The summed E-state index contributed by atoms with van der Waals surface area (Å²) in [5.74, 6) is -1.93. The van der Waals surface area contributed by atoms with Crippen molar-refractivity contribution >= 4 is 56.9 Å². The Labute approximate surface area is 147 Å². The van der Waals surface area contributed by atoms with Gasteiger partial charge in [-0.25, -0.2) is 4.99 Å². The number of hydrogen-bond acceptors (Lipinski definition) is 6. The fourth-order valence-electron chi connectivity index (χ4n) is 2.27. The van der Waals surface area contributed by atoms with Gasteiger partial charge in [0, 0.05) is 28.6 Å². The van der Waals surface area contributed by atoms with E-state index in [1.807, 2.05) is 0 Å². The molecule has 0 radical (unpaired) electrons. The van der Waals surface area contributed by atoms with E-state index < -0.39 is 11.9 Å². The third-order valence-electron chi connectivity index (χ3n) is 3.30. The van der Waals surface area contributed by atoms with Crippen molar-refractivity contribution in [3.63, 3.8) is 0 Å². The zero-order valence-electron chi connectivity index (χ0n) is 11.4. The molecule has 1 aromatic carbocycles. The van der Waals surface area contributed by atoms with E-state index >= 15 is 0 Å². The second kappa shape index (κ2) is 5.99. The van der Waals surface area contributed by atoms with Crippen LogP contribution in [0.5, 0.6) is 5.88 Å². The molecule has 118 valence electrons. The fourth-order valence-corrected chi connectivity index (χ4v) is 4.02. The van der Waals surface area contributed by atoms with Crippen LogP contribution in [0.2, 0.25) is 0 Å². The Bertz CT molecular complexity index is 1020. The van der Waals surface area contributed by atoms with Crippen LogP contribution in [0.4, 0.5) is 0 Å². The molecule has 1 N–H and O–H groups in total. The molecular formula is C14H8BrN2O4S2-. The summed E-state index contributed by atoms with van der Waals surface area (Å²) in [5.41, 5.74) is 0.266. The molecule has 1 amide bonds. The first-order valence-corrected chi connectivity index (χ1v) is 8.46. The summed E-state index contributed by atoms with van der Waals surface area (Å²) in [7, 11) is 0. The van der Waals surface area contributed by atoms with Gasteiger partial charge >= 0.3 is 0 Å². The number of aromatic nitrogens is 1. The van der Waals surface area contributed by atoms with Crippen molar-refractivity contribution in [1.82, 2.24) is 4.57 Å². The molecule has 2 aromatic rings. The van der Waals surface area contributed by atoms with Crippen LogP contribution in [-0.2, 0) is 16.1 Å². The Morgan fingerprint density at radius 3 is 2.91 bits per heavy atom. The standard InChI is InChI=1S/C14H9BrN2O4S2/c15-6-1-2-8-7(5-6)10(12(20)16-8)11-13(21)17(14(22)23-11)4-3-9(18)19/h1-2,5,21H,3-4H2,(H,18,19)/p-1. The van der Waals surface area contributed by atoms with Gasteiger partial charge in [-0.1, -0.05) is 15.9 Å². The van der Waals surface area contributed by atoms with Crippen molar-refractivity contribution in [1.29, 1.82) is 0 Å². The Morgan fingerprint density at radius 2 is 2.22 bits per heavy atom. The van der Waals surface area contributed by atoms with Gasteiger partial charge in [0.1, 0.15) is 4.88 Å². The molecule has 6 nitrogen and oxygen atoms in total. The highest BCUT2D eigenvalue weighted by Gasteiger charge is 2.25. The quantitative estimate of drug-likeness (QED) is 0.727. The average molecular weight is 412 g/mol. The number of amides is 1. The first-order chi connectivity index (χ1) is 10.9. The van der Waals surface area contributed by atoms with Gasteiger partial charge < -0.3 is 15.0 Å². The lowest BCUT2D eigenvalue weighted by Gasteiger charge is -2.05. The zero-order valence-corrected chi connectivity index (χ0v) is 14.6. The minimum Gasteiger partial charge on any atom is -0.550 e. The molecular weight excluding hydrogens is 404 g/mol. The van der Waals surface area contributed by atoms with E-state index in [0.29, 0.717) is 15.5 Å². The van der Waals surface area contributed by atoms with Crippen LogP contribution >= 0.6 is 39.5 Å². The molecule has 0 spiro atoms. The van der Waals surface area contributed by atoms with E-state index in [4.69, 9.17) is 12.2 Å². The molecule has 0 aliphatic carbocycles. The number of carboxylic acids is 1. The summed E-state index contributed by atoms with van der Waals surface area (Å²) < 4.78 is 2.34. The Kier molecular flexibility index (Phi) is 4.17. The number of benzene rings is 1. The monoisotopic (exact) mass is 411 g/mol. The Hall–Kier alpha value is -1.84. The largest absolute Gasteiger partial charge is 0.550 e. The van der Waals surface area contributed by atoms with E-state index in [1.165, 1.54) is 4.57 Å². The summed E-state index contributed by atoms with van der Waals surface area (Å²) >= 11 is 9.54. The normalized spacial score (nSPS) is 13.1. The molecule has 0 bridgehead atoms. The van der Waals surface area contributed by atoms with Gasteiger partial charge in [0.25, 0.3) is 5.91 Å². The number of thiazole rings is 1. The lowest BCUT2D eigenvalue weighted by Crippen LogP contribution is -2.23. The molecule has 1 aliphatic heterocycles. The van der Waals surface area contributed by atoms with E-state index in [2.05, 4.69) is 20.9 Å². The maximum atomic E-state index is 12.2. The average Bonchev–Trinajstić information content (AvgIpc) is 2.93. The number of fused-ring (bicyclic) bond motifs is 1. The Morgan fingerprint density at radius 1 is 1.48 bits per heavy atom. The SMILES string of the molecule is O=C([O-])CCn1c(O)c(C2=c3cc(Br)ccc3=NC2=O)sc1=S. The number of hydrogen-bond donors (Lipinski definition) is 1. The van der Waals surface area contributed by atoms with Crippen LogP contribution in [0.3, 0.4) is 0 Å². The van der Waals surface area contributed by atoms with Crippen LogP contribution in [0, 0.1) is 3.95 Å². The highest BCUT2D eigenvalue weighted by Crippen LogP contribution is 2.32. The number of aromatic hydroxyl groups is 1. The maximum Gasteiger partial charge on any atom is 0.279 e. The van der Waals surface area contributed by atoms with E-state index in [-0.39, 0.29) is 28.4 Å². The lowest BCUT2D eigenvalue weighted by atomic mass is 10.1. The van der Waals surface area contributed by atoms with Crippen molar-refractivity contribution < 1.29 is 19.8 Å². The number of carbonyl (C=O) groups is 2. The highest BCUT2D eigenvalue weighted by molar-refractivity contribution is 9.10. The van der Waals surface area contributed by atoms with Crippen LogP contribution < -0.4 is 15.7 Å². The summed E-state index contributed by atoms with van der Waals surface area (Å²) in [6, 6.07) is 5.21. The van der Waals surface area contributed by atoms with E-state index in [1.54, 1.807) is 18.2 Å². The molecule has 9 heteroatoms. The lowest BCUT2D eigenvalue weighted by molar-refractivity contribution is -0.305. The van der Waals surface area contributed by atoms with Crippen molar-refractivity contribution in [3.05, 3.63) is 42.1 Å². The summed E-state index contributed by atoms with van der Waals surface area (Å²) in [4.78, 5) is 27.1. The van der Waals surface area contributed by atoms with Crippen molar-refractivity contribution in [2.75, 3.05) is 0 Å². The van der Waals surface area contributed by atoms with Crippen molar-refractivity contribution in [3.8, 4) is 5.88 Å². The van der Waals surface area contributed by atoms with Crippen LogP contribution in [0.25, 0.3) is 5.57 Å². The van der Waals surface area contributed by atoms with Gasteiger partial charge in [-0.3, -0.25) is 9.36 Å². The van der Waals surface area contributed by atoms with Crippen molar-refractivity contribution in [2.24, 2.45) is 4.99 Å². The minimum absolute atomic E-state index is 0.0204. The number of carbonyl (C=O) groups excluding carboxylic acids is 2. The maximum absolute atomic E-state index is 12.2. The molecule has 3 rings (SSSR count). The third kappa shape index (κ3) is 2.87. The Balaban J connectivity index is 2.20. The van der Waals surface area contributed by atoms with E-state index in [9.17, 15) is 19.8 Å². The smallest absolute Gasteiger partial charge is 0.279 e. The number of aliphatic carboxylic acids is 1. The first-order valence-electron chi connectivity index (χ1n) is 6.44. The molecule has 1 aromatic heterocycles. The third-order valence-corrected chi connectivity index (χ3v) is 5.25. The zero-order chi connectivity index (χ0) is 16.7. The molecule has 0 atom stereocenters. The second-order valence-corrected chi connectivity index (χ2v) is 7.31. The molecule has 2 heterocycles. The molecule has 0 saturated carbocycles. The van der Waals surface area contributed by atoms with Crippen LogP contribution in [-0.4, -0.2) is 21.6 Å². The number of nitrogens with zero attached hydrogens (tertiary/aromatic N) is 2. The van der Waals surface area contributed by atoms with Gasteiger partial charge in [0.15, 0.2) is 3.95 Å². The topological polar surface area (TPSA) is 94.7 Å². The first kappa shape index (κ1) is 16.0. The number of halogens is 1. The molecule has 0 unspecified atom stereocenters. The number of rotatable bonds is 4. The predicted octanol–water partition coefficient (Wildman–Crippen LogP) is 0.246. The van der Waals surface area contributed by atoms with Gasteiger partial charge in [0.05, 0.1) is 10.9 Å². The van der Waals surface area contributed by atoms with Crippen molar-refractivity contribution in [2.45, 2.75) is 13.0 Å². The molecule has 23 heavy (non-hydrogen) atoms. The van der Waals surface area contributed by atoms with Gasteiger partial charge in [-0.15, -0.1) is 11.3 Å². The van der Waals surface area contributed by atoms with E-state index in [0.717, 1.165) is 15.8 Å². The molecule has 0 fully saturated rings. The molecule has 1 aliphatic rings. The highest BCUT2D eigenvalue weighted by atomic mass is 79.9. The summed E-state index contributed by atoms with van der Waals surface area (Å²) in [6.45, 7) is -0.0204. The number of carboxylic acid groups (broad SMARTS) is 1. The second-order valence-electron chi connectivity index (χ2n) is 4.75.